The molecule has 0 aliphatic carbocycles. The van der Waals surface area contributed by atoms with E-state index in [9.17, 15) is 4.79 Å². The SMILES string of the molecule is CNc1nc(C2(c3ccccc3)CCN(C(=O)c3cscn3)CC2)cs1.O=CO. The highest BCUT2D eigenvalue weighted by molar-refractivity contribution is 7.13. The Morgan fingerprint density at radius 1 is 1.24 bits per heavy atom. The number of hydrogen-bond acceptors (Lipinski definition) is 7. The second-order valence-electron chi connectivity index (χ2n) is 6.51. The molecule has 3 heterocycles. The van der Waals surface area contributed by atoms with Gasteiger partial charge in [-0.2, -0.15) is 0 Å². The summed E-state index contributed by atoms with van der Waals surface area (Å²) in [6, 6.07) is 10.6. The van der Waals surface area contributed by atoms with Crippen molar-refractivity contribution in [3.05, 3.63) is 63.6 Å². The quantitative estimate of drug-likeness (QED) is 0.615. The number of hydrogen-bond donors (Lipinski definition) is 2. The number of rotatable bonds is 4. The van der Waals surface area contributed by atoms with Crippen LogP contribution in [0, 0.1) is 0 Å². The van der Waals surface area contributed by atoms with E-state index >= 15 is 0 Å². The largest absolute Gasteiger partial charge is 0.483 e. The number of nitrogens with zero attached hydrogens (tertiary/aromatic N) is 3. The van der Waals surface area contributed by atoms with E-state index in [1.807, 2.05) is 23.4 Å². The number of carbonyl (C=O) groups is 2. The molecule has 0 unspecified atom stereocenters. The zero-order valence-electron chi connectivity index (χ0n) is 15.9. The number of aromatic nitrogens is 2. The molecule has 1 fully saturated rings. The average Bonchev–Trinajstić information content (AvgIpc) is 3.47. The Bertz CT molecular complexity index is 920. The summed E-state index contributed by atoms with van der Waals surface area (Å²) in [6.07, 6.45) is 1.72. The Morgan fingerprint density at radius 2 is 1.93 bits per heavy atom. The smallest absolute Gasteiger partial charge is 0.290 e. The van der Waals surface area contributed by atoms with Gasteiger partial charge in [0.1, 0.15) is 5.69 Å². The van der Waals surface area contributed by atoms with Crippen LogP contribution in [-0.4, -0.2) is 52.5 Å². The van der Waals surface area contributed by atoms with Crippen molar-refractivity contribution >= 4 is 40.2 Å². The molecular weight excluding hydrogens is 408 g/mol. The predicted molar refractivity (Wildman–Crippen MR) is 115 cm³/mol. The summed E-state index contributed by atoms with van der Waals surface area (Å²) < 4.78 is 0. The second kappa shape index (κ2) is 9.62. The normalized spacial score (nSPS) is 15.1. The maximum Gasteiger partial charge on any atom is 0.290 e. The van der Waals surface area contributed by atoms with E-state index in [0.717, 1.165) is 23.7 Å². The molecule has 1 aliphatic heterocycles. The number of carboxylic acid groups (broad SMARTS) is 1. The Balaban J connectivity index is 0.000000755. The molecule has 0 saturated carbocycles. The third-order valence-electron chi connectivity index (χ3n) is 5.09. The molecule has 29 heavy (non-hydrogen) atoms. The van der Waals surface area contributed by atoms with Gasteiger partial charge in [-0.05, 0) is 18.4 Å². The minimum Gasteiger partial charge on any atom is -0.483 e. The number of anilines is 1. The van der Waals surface area contributed by atoms with Gasteiger partial charge in [-0.25, -0.2) is 9.97 Å². The summed E-state index contributed by atoms with van der Waals surface area (Å²) in [5.74, 6) is 0.0297. The monoisotopic (exact) mass is 430 g/mol. The third-order valence-corrected chi connectivity index (χ3v) is 6.54. The predicted octanol–water partition coefficient (Wildman–Crippen LogP) is 3.56. The van der Waals surface area contributed by atoms with E-state index in [0.29, 0.717) is 18.8 Å². The Morgan fingerprint density at radius 3 is 2.48 bits per heavy atom. The molecule has 0 atom stereocenters. The first kappa shape index (κ1) is 20.9. The zero-order chi connectivity index (χ0) is 20.7. The van der Waals surface area contributed by atoms with Gasteiger partial charge < -0.3 is 15.3 Å². The Kier molecular flexibility index (Phi) is 6.95. The van der Waals surface area contributed by atoms with Crippen molar-refractivity contribution in [2.45, 2.75) is 18.3 Å². The van der Waals surface area contributed by atoms with Gasteiger partial charge in [0, 0.05) is 36.3 Å². The fraction of sp³-hybridized carbons (Fsp3) is 0.300. The van der Waals surface area contributed by atoms with Crippen molar-refractivity contribution in [1.82, 2.24) is 14.9 Å². The number of thiazole rings is 2. The Labute approximate surface area is 177 Å². The molecule has 2 aromatic heterocycles. The van der Waals surface area contributed by atoms with Gasteiger partial charge >= 0.3 is 0 Å². The standard InChI is InChI=1S/C19H20N4OS2.CH2O2/c1-20-18-22-16(12-26-18)19(14-5-3-2-4-6-14)7-9-23(10-8-19)17(24)15-11-25-13-21-15;2-1-3/h2-6,11-13H,7-10H2,1H3,(H,20,22);1H,(H,2,3). The van der Waals surface area contributed by atoms with Gasteiger partial charge in [-0.3, -0.25) is 9.59 Å². The highest BCUT2D eigenvalue weighted by Gasteiger charge is 2.41. The van der Waals surface area contributed by atoms with Crippen LogP contribution in [0.1, 0.15) is 34.6 Å². The highest BCUT2D eigenvalue weighted by atomic mass is 32.1. The van der Waals surface area contributed by atoms with E-state index in [4.69, 9.17) is 14.9 Å². The van der Waals surface area contributed by atoms with Crippen LogP contribution in [0.3, 0.4) is 0 Å². The molecule has 1 aliphatic rings. The third kappa shape index (κ3) is 4.46. The number of benzene rings is 1. The minimum absolute atomic E-state index is 0.0297. The van der Waals surface area contributed by atoms with Gasteiger partial charge in [0.15, 0.2) is 5.13 Å². The lowest BCUT2D eigenvalue weighted by atomic mass is 9.70. The van der Waals surface area contributed by atoms with Crippen molar-refractivity contribution in [3.63, 3.8) is 0 Å². The van der Waals surface area contributed by atoms with Crippen LogP contribution in [0.2, 0.25) is 0 Å². The van der Waals surface area contributed by atoms with Crippen LogP contribution in [0.5, 0.6) is 0 Å². The number of amides is 1. The second-order valence-corrected chi connectivity index (χ2v) is 8.08. The van der Waals surface area contributed by atoms with Gasteiger partial charge in [-0.15, -0.1) is 22.7 Å². The molecule has 9 heteroatoms. The van der Waals surface area contributed by atoms with Crippen LogP contribution < -0.4 is 5.32 Å². The van der Waals surface area contributed by atoms with E-state index < -0.39 is 0 Å². The van der Waals surface area contributed by atoms with Crippen molar-refractivity contribution in [2.24, 2.45) is 0 Å². The lowest BCUT2D eigenvalue weighted by molar-refractivity contribution is -0.122. The number of piperidine rings is 1. The van der Waals surface area contributed by atoms with Gasteiger partial charge in [0.05, 0.1) is 11.2 Å². The average molecular weight is 431 g/mol. The Hall–Kier alpha value is -2.78. The van der Waals surface area contributed by atoms with Crippen LogP contribution >= 0.6 is 22.7 Å². The van der Waals surface area contributed by atoms with E-state index in [-0.39, 0.29) is 17.8 Å². The van der Waals surface area contributed by atoms with Gasteiger partial charge in [-0.1, -0.05) is 30.3 Å². The van der Waals surface area contributed by atoms with Crippen molar-refractivity contribution in [3.8, 4) is 0 Å². The fourth-order valence-corrected chi connectivity index (χ4v) is 4.93. The van der Waals surface area contributed by atoms with Crippen LogP contribution in [0.15, 0.2) is 46.6 Å². The molecule has 2 N–H and O–H groups in total. The number of carbonyl (C=O) groups excluding carboxylic acids is 1. The maximum absolute atomic E-state index is 12.6. The molecule has 3 aromatic rings. The first-order valence-corrected chi connectivity index (χ1v) is 10.9. The van der Waals surface area contributed by atoms with Gasteiger partial charge in [0.2, 0.25) is 0 Å². The van der Waals surface area contributed by atoms with Crippen molar-refractivity contribution in [1.29, 1.82) is 0 Å². The molecule has 1 aromatic carbocycles. The fourth-order valence-electron chi connectivity index (χ4n) is 3.63. The molecule has 1 saturated heterocycles. The van der Waals surface area contributed by atoms with Gasteiger partial charge in [0.25, 0.3) is 12.4 Å². The van der Waals surface area contributed by atoms with Crippen LogP contribution in [0.25, 0.3) is 0 Å². The molecule has 0 radical (unpaired) electrons. The summed E-state index contributed by atoms with van der Waals surface area (Å²) in [6.45, 7) is 1.16. The first-order valence-electron chi connectivity index (χ1n) is 9.09. The summed E-state index contributed by atoms with van der Waals surface area (Å²) in [7, 11) is 1.90. The molecule has 0 bridgehead atoms. The summed E-state index contributed by atoms with van der Waals surface area (Å²) in [4.78, 5) is 31.9. The maximum atomic E-state index is 12.6. The van der Waals surface area contributed by atoms with Crippen molar-refractivity contribution in [2.75, 3.05) is 25.5 Å². The lowest BCUT2D eigenvalue weighted by Gasteiger charge is -2.41. The zero-order valence-corrected chi connectivity index (χ0v) is 17.6. The van der Waals surface area contributed by atoms with E-state index in [1.165, 1.54) is 16.9 Å². The summed E-state index contributed by atoms with van der Waals surface area (Å²) >= 11 is 3.09. The molecular formula is C20H22N4O3S2. The highest BCUT2D eigenvalue weighted by Crippen LogP contribution is 2.42. The van der Waals surface area contributed by atoms with Crippen LogP contribution in [-0.2, 0) is 10.2 Å². The lowest BCUT2D eigenvalue weighted by Crippen LogP contribution is -2.46. The molecule has 7 nitrogen and oxygen atoms in total. The number of likely N-dealkylation sites (tertiary alicyclic amines) is 1. The van der Waals surface area contributed by atoms with E-state index in [2.05, 4.69) is 39.9 Å². The first-order chi connectivity index (χ1) is 14.1. The van der Waals surface area contributed by atoms with Crippen molar-refractivity contribution < 1.29 is 14.7 Å². The van der Waals surface area contributed by atoms with Crippen LogP contribution in [0.4, 0.5) is 5.13 Å². The molecule has 4 rings (SSSR count). The topological polar surface area (TPSA) is 95.4 Å². The van der Waals surface area contributed by atoms with E-state index in [1.54, 1.807) is 16.8 Å². The number of nitrogens with one attached hydrogen (secondary N) is 1. The summed E-state index contributed by atoms with van der Waals surface area (Å²) in [5, 5.41) is 14.9. The summed E-state index contributed by atoms with van der Waals surface area (Å²) in [5.41, 5.74) is 4.48. The molecule has 0 spiro atoms. The molecule has 1 amide bonds. The molecule has 152 valence electrons. The minimum atomic E-state index is -0.250.